The van der Waals surface area contributed by atoms with Crippen molar-refractivity contribution in [2.45, 2.75) is 39.2 Å². The highest BCUT2D eigenvalue weighted by Crippen LogP contribution is 2.42. The van der Waals surface area contributed by atoms with E-state index in [4.69, 9.17) is 5.84 Å². The maximum Gasteiger partial charge on any atom is 0.253 e. The second-order valence-electron chi connectivity index (χ2n) is 8.29. The van der Waals surface area contributed by atoms with Crippen LogP contribution in [0.5, 0.6) is 0 Å². The van der Waals surface area contributed by atoms with Crippen LogP contribution < -0.4 is 27.2 Å². The number of nitrogens with zero attached hydrogens (tertiary/aromatic N) is 2. The molecule has 1 saturated carbocycles. The lowest BCUT2D eigenvalue weighted by Gasteiger charge is -2.35. The van der Waals surface area contributed by atoms with E-state index in [1.165, 1.54) is 4.90 Å². The Morgan fingerprint density at radius 2 is 1.90 bits per heavy atom. The number of amides is 1. The summed E-state index contributed by atoms with van der Waals surface area (Å²) in [5, 5.41) is 4.76. The fraction of sp³-hybridized carbons (Fsp3) is 0.409. The number of hydrogen-bond donors (Lipinski definition) is 3. The molecule has 1 amide bonds. The number of alkyl halides is 2. The third-order valence-corrected chi connectivity index (χ3v) is 5.56. The van der Waals surface area contributed by atoms with Gasteiger partial charge in [-0.2, -0.15) is 0 Å². The number of carbonyl (C=O) groups is 1. The molecule has 1 aliphatic carbocycles. The lowest BCUT2D eigenvalue weighted by atomic mass is 9.81. The molecule has 0 bridgehead atoms. The van der Waals surface area contributed by atoms with Crippen molar-refractivity contribution < 1.29 is 13.6 Å². The van der Waals surface area contributed by atoms with E-state index in [2.05, 4.69) is 17.3 Å². The Morgan fingerprint density at radius 3 is 2.40 bits per heavy atom. The molecule has 1 aromatic carbocycles. The summed E-state index contributed by atoms with van der Waals surface area (Å²) in [6.45, 7) is 8.45. The number of anilines is 1. The van der Waals surface area contributed by atoms with Crippen molar-refractivity contribution in [3.63, 3.8) is 0 Å². The zero-order valence-corrected chi connectivity index (χ0v) is 17.9. The average molecular weight is 418 g/mol. The minimum Gasteiger partial charge on any atom is -0.348 e. The Morgan fingerprint density at radius 1 is 1.30 bits per heavy atom. The molecule has 0 unspecified atom stereocenters. The van der Waals surface area contributed by atoms with Gasteiger partial charge in [0.2, 0.25) is 5.92 Å². The molecule has 2 aromatic rings. The number of hydrazine groups is 1. The second-order valence-corrected chi connectivity index (χ2v) is 8.29. The first-order valence-corrected chi connectivity index (χ1v) is 9.85. The summed E-state index contributed by atoms with van der Waals surface area (Å²) in [7, 11) is 3.43. The van der Waals surface area contributed by atoms with Gasteiger partial charge in [0.15, 0.2) is 0 Å². The minimum absolute atomic E-state index is 0.0470. The Bertz CT molecular complexity index is 1040. The molecule has 6 nitrogen and oxygen atoms in total. The van der Waals surface area contributed by atoms with Crippen molar-refractivity contribution in [3.05, 3.63) is 51.7 Å². The van der Waals surface area contributed by atoms with Gasteiger partial charge in [-0.3, -0.25) is 4.79 Å². The number of hydrogen-bond acceptors (Lipinski definition) is 4. The molecule has 1 heterocycles. The van der Waals surface area contributed by atoms with Crippen molar-refractivity contribution in [2.75, 3.05) is 19.4 Å². The number of benzene rings is 1. The molecule has 30 heavy (non-hydrogen) atoms. The number of aryl methyl sites for hydroxylation is 2. The zero-order chi connectivity index (χ0) is 22.2. The summed E-state index contributed by atoms with van der Waals surface area (Å²) < 4.78 is 28.1. The molecule has 1 fully saturated rings. The smallest absolute Gasteiger partial charge is 0.253 e. The molecule has 0 radical (unpaired) electrons. The van der Waals surface area contributed by atoms with Gasteiger partial charge >= 0.3 is 0 Å². The summed E-state index contributed by atoms with van der Waals surface area (Å²) in [5.74, 6) is 3.69. The van der Waals surface area contributed by atoms with Gasteiger partial charge in [-0.25, -0.2) is 14.6 Å². The third kappa shape index (κ3) is 4.33. The fourth-order valence-electron chi connectivity index (χ4n) is 3.94. The number of nitrogens with one attached hydrogen (secondary N) is 2. The van der Waals surface area contributed by atoms with Gasteiger partial charge in [0.05, 0.1) is 0 Å². The molecule has 4 N–H and O–H groups in total. The van der Waals surface area contributed by atoms with Crippen LogP contribution in [0.25, 0.3) is 12.4 Å². The monoisotopic (exact) mass is 417 g/mol. The lowest BCUT2D eigenvalue weighted by molar-refractivity contribution is -0.114. The van der Waals surface area contributed by atoms with Crippen LogP contribution >= 0.6 is 0 Å². The predicted octanol–water partition coefficient (Wildman–Crippen LogP) is 1.90. The van der Waals surface area contributed by atoms with Gasteiger partial charge < -0.3 is 20.2 Å². The van der Waals surface area contributed by atoms with Gasteiger partial charge in [0.25, 0.3) is 5.91 Å². The first kappa shape index (κ1) is 21.8. The van der Waals surface area contributed by atoms with Gasteiger partial charge in [-0.05, 0) is 49.1 Å². The van der Waals surface area contributed by atoms with Crippen LogP contribution in [0.2, 0.25) is 0 Å². The van der Waals surface area contributed by atoms with E-state index in [1.807, 2.05) is 42.8 Å². The Labute approximate surface area is 175 Å². The molecule has 0 saturated heterocycles. The van der Waals surface area contributed by atoms with Crippen LogP contribution in [-0.2, 0) is 6.54 Å². The molecule has 0 spiro atoms. The predicted molar refractivity (Wildman–Crippen MR) is 115 cm³/mol. The second kappa shape index (κ2) is 8.10. The molecule has 0 aliphatic heterocycles. The topological polar surface area (TPSA) is 75.3 Å². The number of nitrogens with two attached hydrogens (primary N) is 1. The summed E-state index contributed by atoms with van der Waals surface area (Å²) in [6, 6.07) is 5.52. The van der Waals surface area contributed by atoms with Crippen molar-refractivity contribution in [1.29, 1.82) is 0 Å². The van der Waals surface area contributed by atoms with Crippen molar-refractivity contribution in [3.8, 4) is 0 Å². The summed E-state index contributed by atoms with van der Waals surface area (Å²) in [6.07, 6.45) is 1.67. The number of rotatable bonds is 6. The number of aromatic nitrogens is 1. The van der Waals surface area contributed by atoms with E-state index < -0.39 is 5.92 Å². The van der Waals surface area contributed by atoms with Gasteiger partial charge in [0.1, 0.15) is 5.82 Å². The summed E-state index contributed by atoms with van der Waals surface area (Å²) in [4.78, 5) is 13.8. The van der Waals surface area contributed by atoms with Crippen LogP contribution in [0.4, 0.5) is 14.5 Å². The third-order valence-electron chi connectivity index (χ3n) is 5.56. The zero-order valence-electron chi connectivity index (χ0n) is 17.9. The highest BCUT2D eigenvalue weighted by molar-refractivity contribution is 5.95. The Balaban J connectivity index is 1.89. The first-order valence-electron chi connectivity index (χ1n) is 9.85. The van der Waals surface area contributed by atoms with Crippen LogP contribution in [0, 0.1) is 19.8 Å². The first-order chi connectivity index (χ1) is 14.0. The fourth-order valence-corrected chi connectivity index (χ4v) is 3.94. The lowest BCUT2D eigenvalue weighted by Crippen LogP contribution is -2.42. The van der Waals surface area contributed by atoms with Crippen molar-refractivity contribution in [1.82, 2.24) is 14.9 Å². The summed E-state index contributed by atoms with van der Waals surface area (Å²) >= 11 is 0. The molecule has 1 aromatic heterocycles. The normalized spacial score (nSPS) is 16.6. The largest absolute Gasteiger partial charge is 0.348 e. The van der Waals surface area contributed by atoms with E-state index >= 15 is 0 Å². The highest BCUT2D eigenvalue weighted by Gasteiger charge is 2.45. The van der Waals surface area contributed by atoms with Crippen LogP contribution in [0.1, 0.15) is 34.3 Å². The number of halogens is 2. The van der Waals surface area contributed by atoms with Gasteiger partial charge in [-0.15, -0.1) is 0 Å². The SMILES string of the molecule is C=c1/c(=C(\NN)Nc2c(C)cc(C(=O)N(C)C)cc2C)ccn1CC1CC(F)(F)C1. The van der Waals surface area contributed by atoms with E-state index in [0.717, 1.165) is 22.0 Å². The molecular weight excluding hydrogens is 388 g/mol. The quantitative estimate of drug-likeness (QED) is 0.496. The molecular formula is C22H29F2N5O. The molecule has 0 atom stereocenters. The van der Waals surface area contributed by atoms with Crippen molar-refractivity contribution in [2.24, 2.45) is 11.8 Å². The van der Waals surface area contributed by atoms with Crippen LogP contribution in [0.15, 0.2) is 24.4 Å². The van der Waals surface area contributed by atoms with Crippen molar-refractivity contribution >= 4 is 24.0 Å². The van der Waals surface area contributed by atoms with Gasteiger partial charge in [-0.1, -0.05) is 6.58 Å². The average Bonchev–Trinajstić information content (AvgIpc) is 2.99. The van der Waals surface area contributed by atoms with Crippen LogP contribution in [-0.4, -0.2) is 35.4 Å². The van der Waals surface area contributed by atoms with E-state index in [9.17, 15) is 13.6 Å². The van der Waals surface area contributed by atoms with E-state index in [0.29, 0.717) is 23.3 Å². The highest BCUT2D eigenvalue weighted by atomic mass is 19.3. The van der Waals surface area contributed by atoms with Gasteiger partial charge in [0, 0.05) is 61.5 Å². The summed E-state index contributed by atoms with van der Waals surface area (Å²) in [5.41, 5.74) is 5.93. The molecule has 1 aliphatic rings. The molecule has 3 rings (SSSR count). The van der Waals surface area contributed by atoms with Crippen LogP contribution in [0.3, 0.4) is 0 Å². The molecule has 162 valence electrons. The molecule has 8 heteroatoms. The minimum atomic E-state index is -2.53. The maximum absolute atomic E-state index is 13.1. The standard InChI is InChI=1S/C22H29F2N5O/c1-13-8-17(21(30)28(4)5)9-14(2)19(13)26-20(27-25)18-6-7-29(15(18)3)12-16-10-22(23,24)11-16/h6-9,16,26-27H,3,10-12,25H2,1-2,4-5H3/b20-18-. The van der Waals surface area contributed by atoms with E-state index in [1.54, 1.807) is 14.1 Å². The Kier molecular flexibility index (Phi) is 5.90. The Hall–Kier alpha value is -2.87. The maximum atomic E-state index is 13.1. The van der Waals surface area contributed by atoms with E-state index in [-0.39, 0.29) is 24.7 Å². The number of carbonyl (C=O) groups excluding carboxylic acids is 1.